The second-order valence-electron chi connectivity index (χ2n) is 2.25. The van der Waals surface area contributed by atoms with Crippen LogP contribution >= 0.6 is 11.6 Å². The van der Waals surface area contributed by atoms with E-state index in [0.29, 0.717) is 6.04 Å². The van der Waals surface area contributed by atoms with E-state index in [2.05, 4.69) is 24.4 Å². The third-order valence-electron chi connectivity index (χ3n) is 1.23. The summed E-state index contributed by atoms with van der Waals surface area (Å²) in [7, 11) is 0. The lowest BCUT2D eigenvalue weighted by Gasteiger charge is -2.21. The predicted octanol–water partition coefficient (Wildman–Crippen LogP) is 0.766. The summed E-state index contributed by atoms with van der Waals surface area (Å²) >= 11 is 5.76. The van der Waals surface area contributed by atoms with E-state index < -0.39 is 0 Å². The van der Waals surface area contributed by atoms with Gasteiger partial charge in [-0.15, -0.1) is 0 Å². The zero-order valence-electron chi connectivity index (χ0n) is 5.50. The first kappa shape index (κ1) is 6.68. The Morgan fingerprint density at radius 2 is 2.44 bits per heavy atom. The van der Waals surface area contributed by atoms with Gasteiger partial charge in [0.1, 0.15) is 6.34 Å². The van der Waals surface area contributed by atoms with Crippen LogP contribution < -0.4 is 5.43 Å². The highest BCUT2D eigenvalue weighted by molar-refractivity contribution is 6.21. The first-order chi connectivity index (χ1) is 4.22. The van der Waals surface area contributed by atoms with E-state index in [1.165, 1.54) is 0 Å². The molecule has 4 heteroatoms. The normalized spacial score (nSPS) is 25.3. The lowest BCUT2D eigenvalue weighted by molar-refractivity contribution is 0.331. The number of nitrogens with zero attached hydrogens (tertiary/aromatic N) is 2. The summed E-state index contributed by atoms with van der Waals surface area (Å²) in [5.74, 6) is 0. The highest BCUT2D eigenvalue weighted by Crippen LogP contribution is 2.07. The van der Waals surface area contributed by atoms with Crippen molar-refractivity contribution < 1.29 is 0 Å². The lowest BCUT2D eigenvalue weighted by Crippen LogP contribution is -2.36. The third-order valence-corrected chi connectivity index (χ3v) is 1.55. The molecule has 0 spiro atoms. The molecule has 0 aliphatic carbocycles. The van der Waals surface area contributed by atoms with Gasteiger partial charge in [-0.1, -0.05) is 11.6 Å². The van der Waals surface area contributed by atoms with Crippen molar-refractivity contribution in [1.29, 1.82) is 0 Å². The smallest absolute Gasteiger partial charge is 0.193 e. The molecule has 9 heavy (non-hydrogen) atoms. The molecule has 0 saturated heterocycles. The Bertz CT molecular complexity index is 123. The fraction of sp³-hybridized carbons (Fsp3) is 0.800. The molecule has 0 bridgehead atoms. The molecule has 0 aromatic heterocycles. The summed E-state index contributed by atoms with van der Waals surface area (Å²) in [5.41, 5.74) is 2.55. The minimum absolute atomic E-state index is 0.162. The molecule has 1 rings (SSSR count). The number of alkyl halides is 1. The SMILES string of the molecule is CC(C)N1C=NNC1Cl. The topological polar surface area (TPSA) is 27.6 Å². The van der Waals surface area contributed by atoms with Crippen molar-refractivity contribution in [2.45, 2.75) is 25.5 Å². The lowest BCUT2D eigenvalue weighted by atomic mass is 10.4. The zero-order valence-corrected chi connectivity index (χ0v) is 6.26. The Morgan fingerprint density at radius 1 is 1.78 bits per heavy atom. The molecule has 1 unspecified atom stereocenters. The molecule has 0 saturated carbocycles. The van der Waals surface area contributed by atoms with E-state index in [1.807, 2.05) is 4.90 Å². The Balaban J connectivity index is 2.49. The molecule has 1 heterocycles. The first-order valence-electron chi connectivity index (χ1n) is 2.92. The van der Waals surface area contributed by atoms with Gasteiger partial charge in [-0.2, -0.15) is 5.10 Å². The van der Waals surface area contributed by atoms with Gasteiger partial charge < -0.3 is 4.90 Å². The number of hydrazone groups is 1. The third kappa shape index (κ3) is 1.27. The van der Waals surface area contributed by atoms with E-state index in [4.69, 9.17) is 11.6 Å². The van der Waals surface area contributed by atoms with Crippen molar-refractivity contribution in [3.8, 4) is 0 Å². The van der Waals surface area contributed by atoms with Crippen LogP contribution in [0.4, 0.5) is 0 Å². The van der Waals surface area contributed by atoms with Gasteiger partial charge in [0.15, 0.2) is 5.62 Å². The Morgan fingerprint density at radius 3 is 2.67 bits per heavy atom. The van der Waals surface area contributed by atoms with Gasteiger partial charge in [0.05, 0.1) is 0 Å². The van der Waals surface area contributed by atoms with Crippen LogP contribution in [0.5, 0.6) is 0 Å². The van der Waals surface area contributed by atoms with Gasteiger partial charge in [0.2, 0.25) is 0 Å². The van der Waals surface area contributed by atoms with Crippen molar-refractivity contribution in [3.05, 3.63) is 0 Å². The maximum absolute atomic E-state index is 5.76. The molecule has 0 aromatic rings. The van der Waals surface area contributed by atoms with Gasteiger partial charge in [-0.05, 0) is 13.8 Å². The highest BCUT2D eigenvalue weighted by atomic mass is 35.5. The average Bonchev–Trinajstić information content (AvgIpc) is 2.13. The maximum atomic E-state index is 5.76. The maximum Gasteiger partial charge on any atom is 0.193 e. The molecule has 1 atom stereocenters. The van der Waals surface area contributed by atoms with Gasteiger partial charge in [-0.25, -0.2) is 0 Å². The molecule has 1 aliphatic heterocycles. The number of hydrogen-bond donors (Lipinski definition) is 1. The van der Waals surface area contributed by atoms with Gasteiger partial charge >= 0.3 is 0 Å². The molecule has 0 radical (unpaired) electrons. The average molecular weight is 148 g/mol. The second kappa shape index (κ2) is 2.43. The highest BCUT2D eigenvalue weighted by Gasteiger charge is 2.18. The van der Waals surface area contributed by atoms with Crippen LogP contribution in [0.3, 0.4) is 0 Å². The minimum atomic E-state index is -0.162. The summed E-state index contributed by atoms with van der Waals surface area (Å²) in [5, 5.41) is 3.79. The summed E-state index contributed by atoms with van der Waals surface area (Å²) in [6.07, 6.45) is 1.71. The number of rotatable bonds is 1. The molecule has 0 fully saturated rings. The molecule has 1 aliphatic rings. The van der Waals surface area contributed by atoms with E-state index in [1.54, 1.807) is 6.34 Å². The molecule has 1 N–H and O–H groups in total. The Hall–Kier alpha value is -0.440. The van der Waals surface area contributed by atoms with Crippen molar-refractivity contribution in [3.63, 3.8) is 0 Å². The standard InChI is InChI=1S/C5H10ClN3/c1-4(2)9-3-7-8-5(9)6/h3-5,8H,1-2H3. The minimum Gasteiger partial charge on any atom is -0.325 e. The van der Waals surface area contributed by atoms with E-state index >= 15 is 0 Å². The van der Waals surface area contributed by atoms with Gasteiger partial charge in [0.25, 0.3) is 0 Å². The zero-order chi connectivity index (χ0) is 6.85. The molecular formula is C5H10ClN3. The molecule has 52 valence electrons. The van der Waals surface area contributed by atoms with Crippen LogP contribution in [0.1, 0.15) is 13.8 Å². The first-order valence-corrected chi connectivity index (χ1v) is 3.35. The second-order valence-corrected chi connectivity index (χ2v) is 2.66. The number of halogens is 1. The quantitative estimate of drug-likeness (QED) is 0.438. The summed E-state index contributed by atoms with van der Waals surface area (Å²) in [6, 6.07) is 0.409. The molecular weight excluding hydrogens is 138 g/mol. The van der Waals surface area contributed by atoms with E-state index in [-0.39, 0.29) is 5.62 Å². The molecule has 0 aromatic carbocycles. The van der Waals surface area contributed by atoms with Crippen molar-refractivity contribution >= 4 is 17.9 Å². The van der Waals surface area contributed by atoms with Crippen LogP contribution in [-0.4, -0.2) is 22.9 Å². The van der Waals surface area contributed by atoms with Crippen LogP contribution in [0.25, 0.3) is 0 Å². The largest absolute Gasteiger partial charge is 0.325 e. The molecule has 0 amide bonds. The summed E-state index contributed by atoms with van der Waals surface area (Å²) in [4.78, 5) is 1.93. The molecule has 3 nitrogen and oxygen atoms in total. The van der Waals surface area contributed by atoms with Crippen LogP contribution in [0, 0.1) is 0 Å². The van der Waals surface area contributed by atoms with Crippen LogP contribution in [0.15, 0.2) is 5.10 Å². The summed E-state index contributed by atoms with van der Waals surface area (Å²) < 4.78 is 0. The van der Waals surface area contributed by atoms with E-state index in [0.717, 1.165) is 0 Å². The number of nitrogens with one attached hydrogen (secondary N) is 1. The van der Waals surface area contributed by atoms with E-state index in [9.17, 15) is 0 Å². The van der Waals surface area contributed by atoms with Crippen molar-refractivity contribution in [2.24, 2.45) is 5.10 Å². The Kier molecular flexibility index (Phi) is 1.81. The van der Waals surface area contributed by atoms with Crippen molar-refractivity contribution in [2.75, 3.05) is 0 Å². The fourth-order valence-electron chi connectivity index (χ4n) is 0.682. The Labute approximate surface area is 59.7 Å². The van der Waals surface area contributed by atoms with Crippen molar-refractivity contribution in [1.82, 2.24) is 10.3 Å². The predicted molar refractivity (Wildman–Crippen MR) is 38.2 cm³/mol. The van der Waals surface area contributed by atoms with Crippen LogP contribution in [0.2, 0.25) is 0 Å². The van der Waals surface area contributed by atoms with Gasteiger partial charge in [0, 0.05) is 6.04 Å². The number of hydrogen-bond acceptors (Lipinski definition) is 3. The van der Waals surface area contributed by atoms with Crippen LogP contribution in [-0.2, 0) is 0 Å². The summed E-state index contributed by atoms with van der Waals surface area (Å²) in [6.45, 7) is 4.13. The van der Waals surface area contributed by atoms with Gasteiger partial charge in [-0.3, -0.25) is 5.43 Å². The fourth-order valence-corrected chi connectivity index (χ4v) is 1.01. The monoisotopic (exact) mass is 147 g/mol.